The lowest BCUT2D eigenvalue weighted by Crippen LogP contribution is -2.69. The molecule has 8 aliphatic rings. The quantitative estimate of drug-likeness (QED) is 0.0468. The number of allylic oxidation sites excluding steroid dienone is 2. The lowest BCUT2D eigenvalue weighted by atomic mass is 9.33. The SMILES string of the molecule is CC1O[C@@H](OC2C(O)[C@@H](NC(=O)CCCCC[NH3+])C(CO)O[C@H]2OC(=O)[C@]23CCC(C)(C)CC2C2=CCC4C5(C)CC[C@H](O)[C@](C)(C=O)[C@@H]5CC[C@]4(C)[C@]2(C)C[C@@H]3O)C(O)C(O)[C@H]1O[C@@H]1OC[C@@H](O)C(O)C1O. The molecule has 0 radical (unpaired) electrons. The number of quaternary nitrogens is 1. The van der Waals surface area contributed by atoms with E-state index in [1.165, 1.54) is 6.92 Å². The Kier molecular flexibility index (Phi) is 16.5. The number of aliphatic hydroxyl groups is 9. The summed E-state index contributed by atoms with van der Waals surface area (Å²) in [6.07, 6.45) is -12.5. The summed E-state index contributed by atoms with van der Waals surface area (Å²) in [6, 6.07) is -1.33. The van der Waals surface area contributed by atoms with Crippen molar-refractivity contribution in [3.63, 3.8) is 0 Å². The van der Waals surface area contributed by atoms with Crippen LogP contribution < -0.4 is 11.1 Å². The number of fused-ring (bicyclic) bond motifs is 7. The first-order valence-corrected chi connectivity index (χ1v) is 27.0. The maximum absolute atomic E-state index is 15.6. The fourth-order valence-corrected chi connectivity index (χ4v) is 15.7. The third-order valence-corrected chi connectivity index (χ3v) is 20.4. The Morgan fingerprint density at radius 2 is 1.48 bits per heavy atom. The number of nitrogens with one attached hydrogen (secondary N) is 1. The summed E-state index contributed by atoms with van der Waals surface area (Å²) >= 11 is 0. The van der Waals surface area contributed by atoms with Crippen molar-refractivity contribution in [3.05, 3.63) is 11.6 Å². The van der Waals surface area contributed by atoms with E-state index in [9.17, 15) is 55.5 Å². The van der Waals surface area contributed by atoms with Gasteiger partial charge in [0.05, 0.1) is 49.5 Å². The summed E-state index contributed by atoms with van der Waals surface area (Å²) in [4.78, 5) is 41.7. The molecule has 0 aromatic rings. The molecular weight excluding hydrogens is 953 g/mol. The number of unbranched alkanes of at least 4 members (excludes halogenated alkanes) is 2. The van der Waals surface area contributed by atoms with E-state index in [1.807, 2.05) is 6.92 Å². The second kappa shape index (κ2) is 21.2. The molecular formula is C53H87N2O18+. The van der Waals surface area contributed by atoms with Crippen LogP contribution in [0.25, 0.3) is 0 Å². The van der Waals surface area contributed by atoms with Crippen molar-refractivity contribution >= 4 is 18.2 Å². The molecule has 3 aliphatic heterocycles. The van der Waals surface area contributed by atoms with Gasteiger partial charge in [0.2, 0.25) is 12.2 Å². The molecule has 8 rings (SSSR count). The smallest absolute Gasteiger partial charge is 0.317 e. The van der Waals surface area contributed by atoms with Gasteiger partial charge < -0.3 is 90.2 Å². The average Bonchev–Trinajstić information content (AvgIpc) is 3.33. The molecule has 73 heavy (non-hydrogen) atoms. The lowest BCUT2D eigenvalue weighted by Gasteiger charge is -2.71. The van der Waals surface area contributed by atoms with Crippen LogP contribution in [0.1, 0.15) is 132 Å². The highest BCUT2D eigenvalue weighted by Gasteiger charge is 2.72. The number of aldehydes is 1. The van der Waals surface area contributed by atoms with Crippen molar-refractivity contribution < 1.29 is 94.5 Å². The summed E-state index contributed by atoms with van der Waals surface area (Å²) in [6.45, 7) is 14.1. The molecule has 0 aromatic heterocycles. The molecule has 13 N–H and O–H groups in total. The summed E-state index contributed by atoms with van der Waals surface area (Å²) in [7, 11) is 0. The molecule has 20 heteroatoms. The monoisotopic (exact) mass is 1040 g/mol. The zero-order valence-electron chi connectivity index (χ0n) is 43.8. The molecule has 3 saturated heterocycles. The first kappa shape index (κ1) is 56.9. The Morgan fingerprint density at radius 1 is 0.781 bits per heavy atom. The summed E-state index contributed by atoms with van der Waals surface area (Å²) in [5.74, 6) is -1.69. The Morgan fingerprint density at radius 3 is 2.16 bits per heavy atom. The molecule has 3 heterocycles. The van der Waals surface area contributed by atoms with Crippen molar-refractivity contribution in [2.45, 2.75) is 230 Å². The minimum Gasteiger partial charge on any atom is -0.432 e. The summed E-state index contributed by atoms with van der Waals surface area (Å²) < 4.78 is 36.3. The third-order valence-electron chi connectivity index (χ3n) is 20.4. The van der Waals surface area contributed by atoms with Crippen LogP contribution in [0.2, 0.25) is 0 Å². The van der Waals surface area contributed by atoms with Crippen LogP contribution in [-0.4, -0.2) is 182 Å². The van der Waals surface area contributed by atoms with Gasteiger partial charge in [0.1, 0.15) is 60.5 Å². The van der Waals surface area contributed by atoms with Gasteiger partial charge in [0.15, 0.2) is 18.7 Å². The molecule has 20 nitrogen and oxygen atoms in total. The molecule has 0 aromatic carbocycles. The molecule has 1 amide bonds. The molecule has 24 atom stereocenters. The summed E-state index contributed by atoms with van der Waals surface area (Å²) in [5.41, 5.74) is 1.06. The van der Waals surface area contributed by atoms with E-state index in [4.69, 9.17) is 28.4 Å². The first-order valence-electron chi connectivity index (χ1n) is 27.0. The second-order valence-corrected chi connectivity index (χ2v) is 25.0. The van der Waals surface area contributed by atoms with Crippen molar-refractivity contribution in [1.82, 2.24) is 5.32 Å². The Balaban J connectivity index is 1.10. The number of carbonyl (C=O) groups is 3. The van der Waals surface area contributed by atoms with E-state index < -0.39 is 139 Å². The van der Waals surface area contributed by atoms with Gasteiger partial charge >= 0.3 is 5.97 Å². The largest absolute Gasteiger partial charge is 0.432 e. The van der Waals surface area contributed by atoms with Crippen LogP contribution in [0, 0.1) is 50.2 Å². The van der Waals surface area contributed by atoms with E-state index in [0.29, 0.717) is 38.6 Å². The average molecular weight is 1040 g/mol. The number of hydrogen-bond donors (Lipinski definition) is 11. The summed E-state index contributed by atoms with van der Waals surface area (Å²) in [5, 5.41) is 104. The molecule has 5 aliphatic carbocycles. The topological polar surface area (TPSA) is 328 Å². The van der Waals surface area contributed by atoms with Gasteiger partial charge in [0.25, 0.3) is 0 Å². The minimum atomic E-state index is -1.93. The number of ether oxygens (including phenoxy) is 6. The van der Waals surface area contributed by atoms with E-state index in [0.717, 1.165) is 44.0 Å². The van der Waals surface area contributed by atoms with Gasteiger partial charge in [0, 0.05) is 6.42 Å². The van der Waals surface area contributed by atoms with E-state index in [1.54, 1.807) is 0 Å². The van der Waals surface area contributed by atoms with Gasteiger partial charge in [-0.3, -0.25) is 9.59 Å². The minimum absolute atomic E-state index is 0.0355. The van der Waals surface area contributed by atoms with Crippen molar-refractivity contribution in [3.8, 4) is 0 Å². The zero-order valence-corrected chi connectivity index (χ0v) is 43.8. The predicted octanol–water partition coefficient (Wildman–Crippen LogP) is -0.117. The van der Waals surface area contributed by atoms with Crippen molar-refractivity contribution in [2.75, 3.05) is 19.8 Å². The number of esters is 1. The Bertz CT molecular complexity index is 2030. The maximum Gasteiger partial charge on any atom is 0.317 e. The zero-order chi connectivity index (χ0) is 53.4. The van der Waals surface area contributed by atoms with Crippen molar-refractivity contribution in [2.24, 2.45) is 50.2 Å². The highest BCUT2D eigenvalue weighted by Crippen LogP contribution is 2.76. The van der Waals surface area contributed by atoms with Crippen LogP contribution in [0.5, 0.6) is 0 Å². The highest BCUT2D eigenvalue weighted by atomic mass is 16.8. The highest BCUT2D eigenvalue weighted by molar-refractivity contribution is 5.80. The normalized spacial score (nSPS) is 50.5. The molecule has 11 unspecified atom stereocenters. The van der Waals surface area contributed by atoms with Gasteiger partial charge in [-0.05, 0) is 123 Å². The van der Waals surface area contributed by atoms with Crippen LogP contribution in [0.4, 0.5) is 0 Å². The Hall–Kier alpha value is -2.25. The van der Waals surface area contributed by atoms with Gasteiger partial charge in [-0.25, -0.2) is 0 Å². The number of carbonyl (C=O) groups excluding carboxylic acids is 3. The first-order chi connectivity index (χ1) is 34.3. The van der Waals surface area contributed by atoms with Crippen molar-refractivity contribution in [1.29, 1.82) is 0 Å². The molecule has 416 valence electrons. The van der Waals surface area contributed by atoms with Gasteiger partial charge in [-0.2, -0.15) is 0 Å². The third kappa shape index (κ3) is 9.59. The number of hydrogen-bond acceptors (Lipinski definition) is 18. The van der Waals surface area contributed by atoms with Crippen LogP contribution in [-0.2, 0) is 42.8 Å². The fraction of sp³-hybridized carbons (Fsp3) is 0.906. The second-order valence-electron chi connectivity index (χ2n) is 25.0. The standard InChI is InChI=1S/C53H86N2O18/c1-26-42(71-44-40(65)37(62)29(58)24-68-44)39(64)41(66)45(69-26)72-43-38(63)36(55-35(61)11-9-8-10-20-54)30(23-56)70-46(43)73-47(67)53-19-18-48(2,3)21-28(53)27-12-13-32-49(4)16-15-33(59)50(5,25-57)31(49)14-17-51(32,6)52(27,7)22-34(53)60/h12,25-26,28-34,36-46,56,58-60,62-66H,8-11,13-24,54H2,1-7H3,(H,55,61)/p+1/t26?,28?,29-,30?,31-,32?,33+,34+,36+,37?,38?,39?,40?,41?,42+,43?,44+,45+,46+,49?,50-,51+,52-,53-/m1/s1. The lowest BCUT2D eigenvalue weighted by molar-refractivity contribution is -0.370. The number of aliphatic hydroxyl groups excluding tert-OH is 9. The molecule has 0 bridgehead atoms. The number of amides is 1. The van der Waals surface area contributed by atoms with Crippen LogP contribution in [0.15, 0.2) is 11.6 Å². The van der Waals surface area contributed by atoms with Gasteiger partial charge in [-0.15, -0.1) is 0 Å². The van der Waals surface area contributed by atoms with E-state index >= 15 is 4.79 Å². The van der Waals surface area contributed by atoms with E-state index in [2.05, 4.69) is 51.7 Å². The molecule has 0 spiro atoms. The van der Waals surface area contributed by atoms with Crippen LogP contribution >= 0.6 is 0 Å². The predicted molar refractivity (Wildman–Crippen MR) is 257 cm³/mol. The Labute approximate surface area is 428 Å². The van der Waals surface area contributed by atoms with Gasteiger partial charge in [-0.1, -0.05) is 53.2 Å². The fourth-order valence-electron chi connectivity index (χ4n) is 15.7. The number of rotatable bonds is 14. The molecule has 4 saturated carbocycles. The molecule has 7 fully saturated rings. The van der Waals surface area contributed by atoms with Crippen LogP contribution in [0.3, 0.4) is 0 Å². The van der Waals surface area contributed by atoms with E-state index in [-0.39, 0.29) is 54.0 Å². The maximum atomic E-state index is 15.6.